The van der Waals surface area contributed by atoms with Gasteiger partial charge >= 0.3 is 5.97 Å². The van der Waals surface area contributed by atoms with Gasteiger partial charge in [0.15, 0.2) is 0 Å². The minimum atomic E-state index is -0.412. The molecule has 0 N–H and O–H groups in total. The zero-order valence-corrected chi connectivity index (χ0v) is 13.0. The van der Waals surface area contributed by atoms with Gasteiger partial charge in [0, 0.05) is 10.1 Å². The van der Waals surface area contributed by atoms with Gasteiger partial charge < -0.3 is 4.74 Å². The lowest BCUT2D eigenvalue weighted by atomic mass is 10.2. The Kier molecular flexibility index (Phi) is 3.95. The lowest BCUT2D eigenvalue weighted by Gasteiger charge is -2.04. The van der Waals surface area contributed by atoms with Gasteiger partial charge in [0.2, 0.25) is 0 Å². The van der Waals surface area contributed by atoms with Crippen molar-refractivity contribution in [1.29, 1.82) is 0 Å². The standard InChI is InChI=1S/C17H13ClO2S/c1-2-11-7-9-12(10-8-11)20-17(19)16-15(18)13-5-3-4-6-14(13)21-16/h3-10H,2H2,1H3. The first-order chi connectivity index (χ1) is 10.2. The van der Waals surface area contributed by atoms with Crippen LogP contribution >= 0.6 is 22.9 Å². The predicted molar refractivity (Wildman–Crippen MR) is 87.6 cm³/mol. The van der Waals surface area contributed by atoms with E-state index in [9.17, 15) is 4.79 Å². The first-order valence-electron chi connectivity index (χ1n) is 6.67. The van der Waals surface area contributed by atoms with Gasteiger partial charge in [-0.2, -0.15) is 0 Å². The minimum Gasteiger partial charge on any atom is -0.422 e. The molecule has 0 aliphatic heterocycles. The first kappa shape index (κ1) is 14.1. The number of ether oxygens (including phenoxy) is 1. The summed E-state index contributed by atoms with van der Waals surface area (Å²) in [7, 11) is 0. The summed E-state index contributed by atoms with van der Waals surface area (Å²) in [6.45, 7) is 2.08. The predicted octanol–water partition coefficient (Wildman–Crippen LogP) is 5.34. The summed E-state index contributed by atoms with van der Waals surface area (Å²) in [6, 6.07) is 15.2. The molecule has 1 heterocycles. The number of fused-ring (bicyclic) bond motifs is 1. The molecule has 4 heteroatoms. The molecule has 0 bridgehead atoms. The van der Waals surface area contributed by atoms with Gasteiger partial charge in [-0.3, -0.25) is 0 Å². The van der Waals surface area contributed by atoms with Gasteiger partial charge in [0.1, 0.15) is 10.6 Å². The van der Waals surface area contributed by atoms with Crippen molar-refractivity contribution in [1.82, 2.24) is 0 Å². The Morgan fingerprint density at radius 2 is 1.86 bits per heavy atom. The van der Waals surface area contributed by atoms with Crippen LogP contribution in [0.5, 0.6) is 5.75 Å². The summed E-state index contributed by atoms with van der Waals surface area (Å²) >= 11 is 7.63. The molecule has 2 nitrogen and oxygen atoms in total. The van der Waals surface area contributed by atoms with E-state index >= 15 is 0 Å². The molecule has 0 radical (unpaired) electrons. The van der Waals surface area contributed by atoms with E-state index in [0.717, 1.165) is 16.5 Å². The Morgan fingerprint density at radius 1 is 1.14 bits per heavy atom. The summed E-state index contributed by atoms with van der Waals surface area (Å²) < 4.78 is 6.38. The SMILES string of the molecule is CCc1ccc(OC(=O)c2sc3ccccc3c2Cl)cc1. The molecule has 2 aromatic carbocycles. The third-order valence-corrected chi connectivity index (χ3v) is 4.92. The Balaban J connectivity index is 1.87. The van der Waals surface area contributed by atoms with Crippen LogP contribution in [-0.4, -0.2) is 5.97 Å². The van der Waals surface area contributed by atoms with Crippen LogP contribution in [0, 0.1) is 0 Å². The molecule has 0 saturated heterocycles. The number of aryl methyl sites for hydroxylation is 1. The Labute approximate surface area is 131 Å². The molecule has 0 spiro atoms. The molecular formula is C17H13ClO2S. The average molecular weight is 317 g/mol. The van der Waals surface area contributed by atoms with Crippen LogP contribution in [0.2, 0.25) is 5.02 Å². The normalized spacial score (nSPS) is 10.8. The van der Waals surface area contributed by atoms with Crippen molar-refractivity contribution in [2.45, 2.75) is 13.3 Å². The maximum Gasteiger partial charge on any atom is 0.355 e. The number of hydrogen-bond donors (Lipinski definition) is 0. The summed E-state index contributed by atoms with van der Waals surface area (Å²) in [6.07, 6.45) is 0.955. The topological polar surface area (TPSA) is 26.3 Å². The fourth-order valence-electron chi connectivity index (χ4n) is 2.09. The zero-order valence-electron chi connectivity index (χ0n) is 11.4. The van der Waals surface area contributed by atoms with Crippen molar-refractivity contribution in [3.8, 4) is 5.75 Å². The molecule has 1 aromatic heterocycles. The van der Waals surface area contributed by atoms with Crippen molar-refractivity contribution in [2.75, 3.05) is 0 Å². The van der Waals surface area contributed by atoms with Gasteiger partial charge in [0.25, 0.3) is 0 Å². The van der Waals surface area contributed by atoms with E-state index in [0.29, 0.717) is 15.6 Å². The highest BCUT2D eigenvalue weighted by atomic mass is 35.5. The summed E-state index contributed by atoms with van der Waals surface area (Å²) in [5.41, 5.74) is 1.20. The summed E-state index contributed by atoms with van der Waals surface area (Å²) in [5.74, 6) is 0.121. The van der Waals surface area contributed by atoms with E-state index in [-0.39, 0.29) is 0 Å². The van der Waals surface area contributed by atoms with Crippen molar-refractivity contribution < 1.29 is 9.53 Å². The molecule has 0 fully saturated rings. The molecule has 0 aliphatic rings. The van der Waals surface area contributed by atoms with Crippen LogP contribution in [0.3, 0.4) is 0 Å². The maximum atomic E-state index is 12.3. The lowest BCUT2D eigenvalue weighted by molar-refractivity contribution is 0.0740. The number of thiophene rings is 1. The van der Waals surface area contributed by atoms with Gasteiger partial charge in [-0.05, 0) is 30.2 Å². The molecule has 3 aromatic rings. The molecule has 3 rings (SSSR count). The van der Waals surface area contributed by atoms with Crippen molar-refractivity contribution >= 4 is 39.0 Å². The van der Waals surface area contributed by atoms with Gasteiger partial charge in [-0.25, -0.2) is 4.79 Å². The lowest BCUT2D eigenvalue weighted by Crippen LogP contribution is -2.06. The largest absolute Gasteiger partial charge is 0.422 e. The smallest absolute Gasteiger partial charge is 0.355 e. The number of carbonyl (C=O) groups is 1. The summed E-state index contributed by atoms with van der Waals surface area (Å²) in [5, 5.41) is 1.35. The number of hydrogen-bond acceptors (Lipinski definition) is 3. The van der Waals surface area contributed by atoms with E-state index in [2.05, 4.69) is 6.92 Å². The molecule has 0 saturated carbocycles. The maximum absolute atomic E-state index is 12.3. The Morgan fingerprint density at radius 3 is 2.52 bits per heavy atom. The molecule has 106 valence electrons. The highest BCUT2D eigenvalue weighted by Gasteiger charge is 2.18. The monoisotopic (exact) mass is 316 g/mol. The van der Waals surface area contributed by atoms with Crippen LogP contribution in [-0.2, 0) is 6.42 Å². The Bertz CT molecular complexity index is 790. The third kappa shape index (κ3) is 2.80. The quantitative estimate of drug-likeness (QED) is 0.482. The second-order valence-corrected chi connectivity index (χ2v) is 6.06. The first-order valence-corrected chi connectivity index (χ1v) is 7.86. The Hall–Kier alpha value is -1.84. The molecule has 0 atom stereocenters. The van der Waals surface area contributed by atoms with E-state index in [1.165, 1.54) is 16.9 Å². The zero-order chi connectivity index (χ0) is 14.8. The third-order valence-electron chi connectivity index (χ3n) is 3.26. The van der Waals surface area contributed by atoms with Crippen LogP contribution in [0.4, 0.5) is 0 Å². The van der Waals surface area contributed by atoms with Crippen molar-refractivity contribution in [3.63, 3.8) is 0 Å². The van der Waals surface area contributed by atoms with E-state index < -0.39 is 5.97 Å². The number of benzene rings is 2. The second-order valence-electron chi connectivity index (χ2n) is 4.63. The molecular weight excluding hydrogens is 304 g/mol. The van der Waals surface area contributed by atoms with Crippen LogP contribution < -0.4 is 4.74 Å². The number of carbonyl (C=O) groups excluding carboxylic acids is 1. The molecule has 0 amide bonds. The molecule has 21 heavy (non-hydrogen) atoms. The minimum absolute atomic E-state index is 0.412. The highest BCUT2D eigenvalue weighted by molar-refractivity contribution is 7.21. The fourth-order valence-corrected chi connectivity index (χ4v) is 3.48. The van der Waals surface area contributed by atoms with Gasteiger partial charge in [-0.15, -0.1) is 11.3 Å². The van der Waals surface area contributed by atoms with Crippen molar-refractivity contribution in [3.05, 3.63) is 64.0 Å². The number of rotatable bonds is 3. The van der Waals surface area contributed by atoms with Crippen LogP contribution in [0.25, 0.3) is 10.1 Å². The summed E-state index contributed by atoms with van der Waals surface area (Å²) in [4.78, 5) is 12.7. The van der Waals surface area contributed by atoms with E-state index in [4.69, 9.17) is 16.3 Å². The van der Waals surface area contributed by atoms with Gasteiger partial charge in [0.05, 0.1) is 5.02 Å². The highest BCUT2D eigenvalue weighted by Crippen LogP contribution is 2.35. The fraction of sp³-hybridized carbons (Fsp3) is 0.118. The number of halogens is 1. The van der Waals surface area contributed by atoms with E-state index in [1.807, 2.05) is 36.4 Å². The van der Waals surface area contributed by atoms with Crippen LogP contribution in [0.15, 0.2) is 48.5 Å². The number of esters is 1. The average Bonchev–Trinajstić information content (AvgIpc) is 2.86. The van der Waals surface area contributed by atoms with E-state index in [1.54, 1.807) is 12.1 Å². The molecule has 0 aliphatic carbocycles. The van der Waals surface area contributed by atoms with Crippen molar-refractivity contribution in [2.24, 2.45) is 0 Å². The molecule has 0 unspecified atom stereocenters. The van der Waals surface area contributed by atoms with Crippen LogP contribution in [0.1, 0.15) is 22.2 Å². The second kappa shape index (κ2) is 5.88. The van der Waals surface area contributed by atoms with Gasteiger partial charge in [-0.1, -0.05) is 48.9 Å².